The molecule has 0 amide bonds. The molecule has 0 aromatic rings. The SMILES string of the molecule is C[C@H]1[C@H](C)CC[C@]2(C(=O)O)CC[C@]3(C)C(=CC=C4[C@@]5(C)CCCC(C)(COC(=O)CCC(=O)O)C5CC[C@]43C)[C@H]12. The molecular weight excluding hydrogens is 504 g/mol. The number of carbonyl (C=O) groups excluding carboxylic acids is 1. The summed E-state index contributed by atoms with van der Waals surface area (Å²) in [5.41, 5.74) is 1.97. The van der Waals surface area contributed by atoms with Crippen molar-refractivity contribution in [2.75, 3.05) is 6.61 Å². The van der Waals surface area contributed by atoms with E-state index in [9.17, 15) is 19.5 Å². The maximum Gasteiger partial charge on any atom is 0.310 e. The number of carboxylic acids is 2. The molecule has 4 fully saturated rings. The fraction of sp³-hybridized carbons (Fsp3) is 0.794. The molecule has 0 aromatic heterocycles. The van der Waals surface area contributed by atoms with Crippen LogP contribution in [-0.4, -0.2) is 34.7 Å². The first-order chi connectivity index (χ1) is 18.6. The van der Waals surface area contributed by atoms with Crippen LogP contribution in [0.2, 0.25) is 0 Å². The van der Waals surface area contributed by atoms with Gasteiger partial charge in [-0.25, -0.2) is 0 Å². The maximum absolute atomic E-state index is 12.9. The van der Waals surface area contributed by atoms with Gasteiger partial charge in [0.2, 0.25) is 0 Å². The summed E-state index contributed by atoms with van der Waals surface area (Å²) >= 11 is 0. The van der Waals surface area contributed by atoms with E-state index in [4.69, 9.17) is 9.84 Å². The van der Waals surface area contributed by atoms with E-state index in [1.807, 2.05) is 0 Å². The van der Waals surface area contributed by atoms with Crippen molar-refractivity contribution in [3.63, 3.8) is 0 Å². The Morgan fingerprint density at radius 1 is 0.875 bits per heavy atom. The Bertz CT molecular complexity index is 1150. The minimum atomic E-state index is -0.981. The first-order valence-corrected chi connectivity index (χ1v) is 15.7. The molecule has 6 heteroatoms. The van der Waals surface area contributed by atoms with Gasteiger partial charge in [-0.1, -0.05) is 71.3 Å². The summed E-state index contributed by atoms with van der Waals surface area (Å²) < 4.78 is 5.72. The summed E-state index contributed by atoms with van der Waals surface area (Å²) in [7, 11) is 0. The normalized spacial score (nSPS) is 46.0. The molecule has 5 aliphatic rings. The molecular formula is C34H50O6. The Kier molecular flexibility index (Phi) is 7.15. The smallest absolute Gasteiger partial charge is 0.310 e. The number of aliphatic carboxylic acids is 2. The lowest BCUT2D eigenvalue weighted by Gasteiger charge is -2.68. The van der Waals surface area contributed by atoms with Gasteiger partial charge in [-0.3, -0.25) is 14.4 Å². The van der Waals surface area contributed by atoms with Crippen LogP contribution >= 0.6 is 0 Å². The Hall–Kier alpha value is -2.11. The van der Waals surface area contributed by atoms with Crippen molar-refractivity contribution >= 4 is 17.9 Å². The summed E-state index contributed by atoms with van der Waals surface area (Å²) in [5.74, 6) is -0.696. The molecule has 4 saturated carbocycles. The van der Waals surface area contributed by atoms with E-state index >= 15 is 0 Å². The highest BCUT2D eigenvalue weighted by Crippen LogP contribution is 2.74. The molecule has 0 saturated heterocycles. The van der Waals surface area contributed by atoms with Gasteiger partial charge in [-0.05, 0) is 91.3 Å². The van der Waals surface area contributed by atoms with Crippen LogP contribution in [-0.2, 0) is 19.1 Å². The predicted octanol–water partition coefficient (Wildman–Crippen LogP) is 7.43. The predicted molar refractivity (Wildman–Crippen MR) is 153 cm³/mol. The first-order valence-electron chi connectivity index (χ1n) is 15.7. The highest BCUT2D eigenvalue weighted by atomic mass is 16.5. The molecule has 0 bridgehead atoms. The van der Waals surface area contributed by atoms with Crippen LogP contribution in [0, 0.1) is 50.7 Å². The molecule has 5 rings (SSSR count). The zero-order valence-corrected chi connectivity index (χ0v) is 25.5. The van der Waals surface area contributed by atoms with Gasteiger partial charge in [-0.2, -0.15) is 0 Å². The largest absolute Gasteiger partial charge is 0.481 e. The topological polar surface area (TPSA) is 101 Å². The quantitative estimate of drug-likeness (QED) is 0.331. The van der Waals surface area contributed by atoms with Crippen LogP contribution in [0.5, 0.6) is 0 Å². The van der Waals surface area contributed by atoms with Gasteiger partial charge in [0.15, 0.2) is 0 Å². The summed E-state index contributed by atoms with van der Waals surface area (Å²) in [5, 5.41) is 19.5. The van der Waals surface area contributed by atoms with Crippen molar-refractivity contribution in [2.45, 2.75) is 112 Å². The second-order valence-electron chi connectivity index (χ2n) is 15.3. The molecule has 0 heterocycles. The second-order valence-corrected chi connectivity index (χ2v) is 15.3. The minimum absolute atomic E-state index is 0.0225. The third kappa shape index (κ3) is 4.05. The number of rotatable bonds is 6. The summed E-state index contributed by atoms with van der Waals surface area (Å²) in [4.78, 5) is 36.1. The number of fused-ring (bicyclic) bond motifs is 7. The Balaban J connectivity index is 1.50. The van der Waals surface area contributed by atoms with Crippen molar-refractivity contribution in [3.05, 3.63) is 23.3 Å². The lowest BCUT2D eigenvalue weighted by atomic mass is 9.36. The zero-order chi connectivity index (χ0) is 29.3. The molecule has 5 aliphatic carbocycles. The molecule has 2 unspecified atom stereocenters. The van der Waals surface area contributed by atoms with E-state index in [0.717, 1.165) is 57.8 Å². The fourth-order valence-corrected chi connectivity index (χ4v) is 10.8. The third-order valence-corrected chi connectivity index (χ3v) is 13.5. The van der Waals surface area contributed by atoms with E-state index in [0.29, 0.717) is 24.4 Å². The Labute approximate surface area is 240 Å². The first kappa shape index (κ1) is 29.4. The monoisotopic (exact) mass is 554 g/mol. The van der Waals surface area contributed by atoms with Gasteiger partial charge in [0.05, 0.1) is 24.9 Å². The second kappa shape index (κ2) is 9.73. The minimum Gasteiger partial charge on any atom is -0.481 e. The number of esters is 1. The summed E-state index contributed by atoms with van der Waals surface area (Å²) in [6, 6.07) is 0. The molecule has 0 spiro atoms. The zero-order valence-electron chi connectivity index (χ0n) is 25.5. The molecule has 0 aromatic carbocycles. The molecule has 40 heavy (non-hydrogen) atoms. The molecule has 6 nitrogen and oxygen atoms in total. The molecule has 2 N–H and O–H groups in total. The Morgan fingerprint density at radius 2 is 1.60 bits per heavy atom. The van der Waals surface area contributed by atoms with E-state index in [1.54, 1.807) is 0 Å². The number of carbonyl (C=O) groups is 3. The average molecular weight is 555 g/mol. The molecule has 222 valence electrons. The highest BCUT2D eigenvalue weighted by Gasteiger charge is 2.67. The van der Waals surface area contributed by atoms with Crippen molar-refractivity contribution in [3.8, 4) is 0 Å². The molecule has 0 radical (unpaired) electrons. The van der Waals surface area contributed by atoms with Crippen molar-refractivity contribution in [1.82, 2.24) is 0 Å². The van der Waals surface area contributed by atoms with Crippen LogP contribution < -0.4 is 0 Å². The van der Waals surface area contributed by atoms with E-state index in [2.05, 4.69) is 53.7 Å². The number of ether oxygens (including phenoxy) is 1. The van der Waals surface area contributed by atoms with Crippen LogP contribution in [0.15, 0.2) is 23.3 Å². The number of hydrogen-bond acceptors (Lipinski definition) is 4. The van der Waals surface area contributed by atoms with Crippen LogP contribution in [0.1, 0.15) is 112 Å². The van der Waals surface area contributed by atoms with Crippen molar-refractivity contribution in [1.29, 1.82) is 0 Å². The van der Waals surface area contributed by atoms with Crippen molar-refractivity contribution < 1.29 is 29.3 Å². The summed E-state index contributed by atoms with van der Waals surface area (Å²) in [6.45, 7) is 14.5. The van der Waals surface area contributed by atoms with Crippen LogP contribution in [0.25, 0.3) is 0 Å². The number of hydrogen-bond donors (Lipinski definition) is 2. The lowest BCUT2D eigenvalue weighted by molar-refractivity contribution is -0.166. The highest BCUT2D eigenvalue weighted by molar-refractivity contribution is 5.77. The van der Waals surface area contributed by atoms with Gasteiger partial charge in [0.1, 0.15) is 0 Å². The average Bonchev–Trinajstić information content (AvgIpc) is 2.88. The van der Waals surface area contributed by atoms with E-state index < -0.39 is 23.3 Å². The van der Waals surface area contributed by atoms with Gasteiger partial charge >= 0.3 is 17.9 Å². The van der Waals surface area contributed by atoms with Gasteiger partial charge in [0, 0.05) is 5.41 Å². The molecule has 0 aliphatic heterocycles. The van der Waals surface area contributed by atoms with Gasteiger partial charge < -0.3 is 14.9 Å². The van der Waals surface area contributed by atoms with Crippen LogP contribution in [0.4, 0.5) is 0 Å². The molecule has 9 atom stereocenters. The van der Waals surface area contributed by atoms with Crippen molar-refractivity contribution in [2.24, 2.45) is 50.7 Å². The maximum atomic E-state index is 12.9. The lowest BCUT2D eigenvalue weighted by Crippen LogP contribution is -2.61. The van der Waals surface area contributed by atoms with Gasteiger partial charge in [0.25, 0.3) is 0 Å². The van der Waals surface area contributed by atoms with Crippen LogP contribution in [0.3, 0.4) is 0 Å². The van der Waals surface area contributed by atoms with Gasteiger partial charge in [-0.15, -0.1) is 0 Å². The third-order valence-electron chi connectivity index (χ3n) is 13.5. The van der Waals surface area contributed by atoms with E-state index in [1.165, 1.54) is 11.1 Å². The van der Waals surface area contributed by atoms with E-state index in [-0.39, 0.29) is 40.4 Å². The Morgan fingerprint density at radius 3 is 2.27 bits per heavy atom. The number of allylic oxidation sites excluding steroid dienone is 4. The fourth-order valence-electron chi connectivity index (χ4n) is 10.8. The summed E-state index contributed by atoms with van der Waals surface area (Å²) in [6.07, 6.45) is 13.2. The standard InChI is InChI=1S/C34H50O6/c1-21-12-17-34(29(38)39)19-18-32(5)23(28(34)22(21)2)8-9-25-31(4)15-7-14-30(3,24(31)13-16-33(25,32)6)20-40-27(37)11-10-26(35)36/h8-9,21-22,24,28H,7,10-20H2,1-6H3,(H,35,36)(H,38,39)/t21-,22+,24?,28+,30?,31+,32-,33-,34+/m1/s1. The number of carboxylic acid groups (broad SMARTS) is 2.